The molecule has 0 fully saturated rings. The summed E-state index contributed by atoms with van der Waals surface area (Å²) in [6, 6.07) is 42.0. The summed E-state index contributed by atoms with van der Waals surface area (Å²) in [5.41, 5.74) is 0. The maximum absolute atomic E-state index is 4.54. The van der Waals surface area contributed by atoms with Crippen LogP contribution in [-0.2, 0) is 15.5 Å². The molecule has 0 unspecified atom stereocenters. The summed E-state index contributed by atoms with van der Waals surface area (Å²) in [6.07, 6.45) is 0. The normalized spacial score (nSPS) is 9.74. The monoisotopic (exact) mass is 433 g/mol. The molecule has 0 heterocycles. The Morgan fingerprint density at radius 3 is 0.889 bits per heavy atom. The first-order valence-corrected chi connectivity index (χ1v) is 10.3. The van der Waals surface area contributed by atoms with Crippen molar-refractivity contribution in [2.75, 3.05) is 0 Å². The molecule has 0 nitrogen and oxygen atoms in total. The fourth-order valence-electron chi connectivity index (χ4n) is 2.58. The molecule has 4 rings (SSSR count). The van der Waals surface area contributed by atoms with E-state index in [-0.39, 0.29) is 12.4 Å². The van der Waals surface area contributed by atoms with Crippen molar-refractivity contribution < 1.29 is 15.5 Å². The van der Waals surface area contributed by atoms with Crippen LogP contribution < -0.4 is 20.4 Å². The van der Waals surface area contributed by atoms with E-state index in [0.29, 0.717) is 0 Å². The van der Waals surface area contributed by atoms with Crippen molar-refractivity contribution in [3.8, 4) is 0 Å². The van der Waals surface area contributed by atoms with Crippen LogP contribution in [0.5, 0.6) is 0 Å². The SMILES string of the molecule is Cl.[Ni][c]1ccccc1.c1ccc(P(c2ccccc2)c2ccccc2)cc1. The van der Waals surface area contributed by atoms with E-state index in [0.717, 1.165) is 4.53 Å². The van der Waals surface area contributed by atoms with Gasteiger partial charge in [-0.2, -0.15) is 0 Å². The Labute approximate surface area is 177 Å². The molecule has 0 spiro atoms. The molecule has 3 heteroatoms. The molecule has 27 heavy (non-hydrogen) atoms. The van der Waals surface area contributed by atoms with Crippen LogP contribution in [0.25, 0.3) is 0 Å². The second-order valence-electron chi connectivity index (χ2n) is 5.60. The molecule has 0 saturated carbocycles. The average Bonchev–Trinajstić information content (AvgIpc) is 2.72. The van der Waals surface area contributed by atoms with Gasteiger partial charge in [-0.15, -0.1) is 12.4 Å². The quantitative estimate of drug-likeness (QED) is 0.323. The van der Waals surface area contributed by atoms with Crippen molar-refractivity contribution in [3.05, 3.63) is 121 Å². The molecule has 0 bridgehead atoms. The molecule has 0 aliphatic rings. The van der Waals surface area contributed by atoms with Gasteiger partial charge in [-0.1, -0.05) is 91.0 Å². The van der Waals surface area contributed by atoms with E-state index in [2.05, 4.69) is 106 Å². The van der Waals surface area contributed by atoms with Gasteiger partial charge < -0.3 is 0 Å². The van der Waals surface area contributed by atoms with Crippen LogP contribution >= 0.6 is 20.3 Å². The van der Waals surface area contributed by atoms with E-state index in [1.165, 1.54) is 15.9 Å². The van der Waals surface area contributed by atoms with Crippen LogP contribution in [0, 0.1) is 0 Å². The molecule has 0 aliphatic heterocycles. The number of benzene rings is 4. The maximum atomic E-state index is 4.54. The fourth-order valence-corrected chi connectivity index (χ4v) is 5.08. The molecule has 0 aromatic heterocycles. The average molecular weight is 435 g/mol. The molecule has 0 aliphatic carbocycles. The predicted octanol–water partition coefficient (Wildman–Crippen LogP) is 4.73. The molecule has 0 amide bonds. The fraction of sp³-hybridized carbons (Fsp3) is 0. The van der Waals surface area contributed by atoms with Crippen molar-refractivity contribution >= 4 is 40.8 Å². The van der Waals surface area contributed by atoms with Gasteiger partial charge in [-0.3, -0.25) is 0 Å². The van der Waals surface area contributed by atoms with Crippen molar-refractivity contribution in [3.63, 3.8) is 0 Å². The van der Waals surface area contributed by atoms with Crippen molar-refractivity contribution in [1.82, 2.24) is 0 Å². The first-order valence-electron chi connectivity index (χ1n) is 8.47. The Bertz CT molecular complexity index is 790. The number of hydrogen-bond donors (Lipinski definition) is 0. The zero-order chi connectivity index (χ0) is 18.0. The third-order valence-corrected chi connectivity index (χ3v) is 6.53. The standard InChI is InChI=1S/C18H15P.C6H5.ClH.Ni/c1-4-10-16(11-5-1)19(17-12-6-2-7-13-17)18-14-8-3-9-15-18;1-2-4-6-5-3-1;;/h1-15H;1-5H;1H;. The zero-order valence-corrected chi connectivity index (χ0v) is 17.4. The zero-order valence-electron chi connectivity index (χ0n) is 14.7. The van der Waals surface area contributed by atoms with E-state index >= 15 is 0 Å². The minimum absolute atomic E-state index is 0. The predicted molar refractivity (Wildman–Crippen MR) is 118 cm³/mol. The van der Waals surface area contributed by atoms with E-state index in [9.17, 15) is 0 Å². The molecule has 4 aromatic carbocycles. The van der Waals surface area contributed by atoms with E-state index in [1.54, 1.807) is 0 Å². The number of hydrogen-bond acceptors (Lipinski definition) is 0. The Morgan fingerprint density at radius 2 is 0.667 bits per heavy atom. The second kappa shape index (κ2) is 11.7. The van der Waals surface area contributed by atoms with Crippen LogP contribution in [0.3, 0.4) is 0 Å². The van der Waals surface area contributed by atoms with Gasteiger partial charge in [0.05, 0.1) is 0 Å². The Kier molecular flexibility index (Phi) is 9.30. The third kappa shape index (κ3) is 6.64. The van der Waals surface area contributed by atoms with Gasteiger partial charge in [0, 0.05) is 0 Å². The Hall–Kier alpha value is -1.91. The van der Waals surface area contributed by atoms with E-state index in [1.807, 2.05) is 30.3 Å². The molecular weight excluding hydrogens is 413 g/mol. The molecule has 0 N–H and O–H groups in total. The van der Waals surface area contributed by atoms with Crippen molar-refractivity contribution in [2.24, 2.45) is 0 Å². The Morgan fingerprint density at radius 1 is 0.407 bits per heavy atom. The first kappa shape index (κ1) is 21.4. The summed E-state index contributed by atoms with van der Waals surface area (Å²) >= 11 is 4.54. The molecule has 139 valence electrons. The molecule has 0 radical (unpaired) electrons. The van der Waals surface area contributed by atoms with Gasteiger partial charge in [-0.25, -0.2) is 0 Å². The number of halogens is 1. The summed E-state index contributed by atoms with van der Waals surface area (Å²) < 4.78 is 0.947. The molecule has 4 aromatic rings. The third-order valence-electron chi connectivity index (χ3n) is 3.76. The largest absolute Gasteiger partial charge is 0.0622 e. The first-order chi connectivity index (χ1) is 12.8. The minimum atomic E-state index is -0.446. The van der Waals surface area contributed by atoms with Crippen molar-refractivity contribution in [1.29, 1.82) is 0 Å². The molecular formula is C24H21ClNiP. The van der Waals surface area contributed by atoms with E-state index < -0.39 is 7.92 Å². The van der Waals surface area contributed by atoms with Crippen LogP contribution in [0.4, 0.5) is 0 Å². The van der Waals surface area contributed by atoms with E-state index in [4.69, 9.17) is 0 Å². The molecule has 0 saturated heterocycles. The summed E-state index contributed by atoms with van der Waals surface area (Å²) in [4.78, 5) is 0. The summed E-state index contributed by atoms with van der Waals surface area (Å²) in [5.74, 6) is 0. The summed E-state index contributed by atoms with van der Waals surface area (Å²) in [7, 11) is -0.446. The minimum Gasteiger partial charge on any atom is -0.0622 e. The summed E-state index contributed by atoms with van der Waals surface area (Å²) in [5, 5.41) is 4.19. The molecule has 0 atom stereocenters. The van der Waals surface area contributed by atoms with Gasteiger partial charge >= 0.3 is 50.3 Å². The topological polar surface area (TPSA) is 0 Å². The summed E-state index contributed by atoms with van der Waals surface area (Å²) in [6.45, 7) is 0. The van der Waals surface area contributed by atoms with Crippen LogP contribution in [-0.4, -0.2) is 0 Å². The van der Waals surface area contributed by atoms with Crippen LogP contribution in [0.1, 0.15) is 0 Å². The van der Waals surface area contributed by atoms with Crippen LogP contribution in [0.15, 0.2) is 121 Å². The van der Waals surface area contributed by atoms with Crippen LogP contribution in [0.2, 0.25) is 0 Å². The van der Waals surface area contributed by atoms with Gasteiger partial charge in [0.2, 0.25) is 0 Å². The van der Waals surface area contributed by atoms with Gasteiger partial charge in [0.25, 0.3) is 0 Å². The van der Waals surface area contributed by atoms with Gasteiger partial charge in [-0.05, 0) is 23.8 Å². The van der Waals surface area contributed by atoms with Gasteiger partial charge in [0.1, 0.15) is 0 Å². The van der Waals surface area contributed by atoms with Gasteiger partial charge in [0.15, 0.2) is 0 Å². The smallest absolute Gasteiger partial charge is 0.0134 e. The Balaban J connectivity index is 0.000000278. The van der Waals surface area contributed by atoms with Crippen molar-refractivity contribution in [2.45, 2.75) is 0 Å². The maximum Gasteiger partial charge on any atom is -0.0134 e. The number of rotatable bonds is 3. The second-order valence-corrected chi connectivity index (χ2v) is 8.39.